The molecule has 1 amide bonds. The molecule has 0 radical (unpaired) electrons. The molecule has 3 rings (SSSR count). The molecular weight excluding hydrogens is 294 g/mol. The van der Waals surface area contributed by atoms with Gasteiger partial charge in [0, 0.05) is 45.6 Å². The van der Waals surface area contributed by atoms with Crippen LogP contribution in [0.5, 0.6) is 0 Å². The van der Waals surface area contributed by atoms with E-state index in [1.807, 2.05) is 24.1 Å². The van der Waals surface area contributed by atoms with Gasteiger partial charge in [0.1, 0.15) is 0 Å². The molecule has 0 saturated carbocycles. The van der Waals surface area contributed by atoms with Crippen LogP contribution in [0.1, 0.15) is 25.7 Å². The summed E-state index contributed by atoms with van der Waals surface area (Å²) in [6.07, 6.45) is 4.88. The number of rotatable bonds is 3. The summed E-state index contributed by atoms with van der Waals surface area (Å²) in [5, 5.41) is 8.12. The van der Waals surface area contributed by atoms with E-state index in [4.69, 9.17) is 10.5 Å². The van der Waals surface area contributed by atoms with Gasteiger partial charge in [0.15, 0.2) is 5.82 Å². The van der Waals surface area contributed by atoms with Crippen molar-refractivity contribution in [3.05, 3.63) is 18.3 Å². The monoisotopic (exact) mass is 319 g/mol. The fourth-order valence-corrected chi connectivity index (χ4v) is 3.41. The van der Waals surface area contributed by atoms with Crippen LogP contribution >= 0.6 is 0 Å². The van der Waals surface area contributed by atoms with Crippen molar-refractivity contribution in [2.45, 2.75) is 37.3 Å². The molecule has 1 aromatic heterocycles. The average Bonchev–Trinajstić information content (AvgIpc) is 2.62. The predicted octanol–water partition coefficient (Wildman–Crippen LogP) is 0.412. The smallest absolute Gasteiger partial charge is 0.242 e. The molecule has 2 N–H and O–H groups in total. The molecule has 7 heteroatoms. The maximum atomic E-state index is 12.9. The van der Waals surface area contributed by atoms with E-state index in [1.54, 1.807) is 6.20 Å². The minimum atomic E-state index is -0.776. The first-order valence-electron chi connectivity index (χ1n) is 8.27. The first-order valence-corrected chi connectivity index (χ1v) is 8.27. The van der Waals surface area contributed by atoms with Crippen molar-refractivity contribution in [1.82, 2.24) is 15.1 Å². The summed E-state index contributed by atoms with van der Waals surface area (Å²) < 4.78 is 5.34. The number of anilines is 1. The number of nitrogens with zero attached hydrogens (tertiary/aromatic N) is 4. The lowest BCUT2D eigenvalue weighted by Gasteiger charge is -2.42. The van der Waals surface area contributed by atoms with E-state index in [9.17, 15) is 4.79 Å². The molecular formula is C16H25N5O2. The van der Waals surface area contributed by atoms with Crippen LogP contribution in [0.4, 0.5) is 5.82 Å². The molecule has 126 valence electrons. The second kappa shape index (κ2) is 6.80. The molecule has 1 atom stereocenters. The SMILES string of the molecule is CN(C(=O)C1(N)CCOCC1)C1CCCN(c2cccnn2)C1. The van der Waals surface area contributed by atoms with E-state index < -0.39 is 5.54 Å². The minimum Gasteiger partial charge on any atom is -0.381 e. The van der Waals surface area contributed by atoms with Gasteiger partial charge in [0.2, 0.25) is 5.91 Å². The third-order valence-corrected chi connectivity index (χ3v) is 4.96. The highest BCUT2D eigenvalue weighted by Crippen LogP contribution is 2.24. The van der Waals surface area contributed by atoms with E-state index in [2.05, 4.69) is 15.1 Å². The van der Waals surface area contributed by atoms with Gasteiger partial charge in [-0.3, -0.25) is 4.79 Å². The third-order valence-electron chi connectivity index (χ3n) is 4.96. The number of likely N-dealkylation sites (N-methyl/N-ethyl adjacent to an activating group) is 1. The van der Waals surface area contributed by atoms with Crippen molar-refractivity contribution in [2.75, 3.05) is 38.3 Å². The predicted molar refractivity (Wildman–Crippen MR) is 87.0 cm³/mol. The standard InChI is InChI=1S/C16H25N5O2/c1-20(15(22)16(17)6-10-23-11-7-16)13-4-3-9-21(12-13)14-5-2-8-18-19-14/h2,5,8,13H,3-4,6-7,9-12,17H2,1H3. The zero-order valence-corrected chi connectivity index (χ0v) is 13.6. The molecule has 0 spiro atoms. The highest BCUT2D eigenvalue weighted by molar-refractivity contribution is 5.86. The zero-order valence-electron chi connectivity index (χ0n) is 13.6. The summed E-state index contributed by atoms with van der Waals surface area (Å²) in [5.74, 6) is 0.901. The van der Waals surface area contributed by atoms with E-state index >= 15 is 0 Å². The van der Waals surface area contributed by atoms with E-state index in [-0.39, 0.29) is 11.9 Å². The molecule has 0 aliphatic carbocycles. The normalized spacial score (nSPS) is 24.3. The second-order valence-electron chi connectivity index (χ2n) is 6.51. The molecule has 0 bridgehead atoms. The number of aromatic nitrogens is 2. The summed E-state index contributed by atoms with van der Waals surface area (Å²) >= 11 is 0. The van der Waals surface area contributed by atoms with Crippen LogP contribution < -0.4 is 10.6 Å². The second-order valence-corrected chi connectivity index (χ2v) is 6.51. The Hall–Kier alpha value is -1.73. The van der Waals surface area contributed by atoms with E-state index in [0.717, 1.165) is 31.7 Å². The summed E-state index contributed by atoms with van der Waals surface area (Å²) in [4.78, 5) is 16.9. The van der Waals surface area contributed by atoms with Crippen LogP contribution in [-0.2, 0) is 9.53 Å². The Morgan fingerprint density at radius 3 is 2.96 bits per heavy atom. The molecule has 2 saturated heterocycles. The number of amides is 1. The van der Waals surface area contributed by atoms with Gasteiger partial charge in [-0.2, -0.15) is 5.10 Å². The van der Waals surface area contributed by atoms with Crippen LogP contribution in [0.2, 0.25) is 0 Å². The minimum absolute atomic E-state index is 0.0341. The zero-order chi connectivity index (χ0) is 16.3. The molecule has 23 heavy (non-hydrogen) atoms. The van der Waals surface area contributed by atoms with Crippen LogP contribution in [0.3, 0.4) is 0 Å². The molecule has 3 heterocycles. The lowest BCUT2D eigenvalue weighted by atomic mass is 9.89. The average molecular weight is 319 g/mol. The number of carbonyl (C=O) groups is 1. The van der Waals surface area contributed by atoms with Gasteiger partial charge in [0.25, 0.3) is 0 Å². The Kier molecular flexibility index (Phi) is 4.77. The Bertz CT molecular complexity index is 533. The first kappa shape index (κ1) is 16.1. The molecule has 1 aromatic rings. The van der Waals surface area contributed by atoms with E-state index in [1.165, 1.54) is 0 Å². The fourth-order valence-electron chi connectivity index (χ4n) is 3.41. The molecule has 2 aliphatic heterocycles. The number of piperidine rings is 1. The number of nitrogens with two attached hydrogens (primary N) is 1. The Morgan fingerprint density at radius 2 is 2.26 bits per heavy atom. The molecule has 2 fully saturated rings. The van der Waals surface area contributed by atoms with Gasteiger partial charge in [-0.25, -0.2) is 0 Å². The Labute approximate surface area is 136 Å². The first-order chi connectivity index (χ1) is 11.1. The number of hydrogen-bond acceptors (Lipinski definition) is 6. The summed E-state index contributed by atoms with van der Waals surface area (Å²) in [6.45, 7) is 2.84. The van der Waals surface area contributed by atoms with Crippen molar-refractivity contribution in [3.63, 3.8) is 0 Å². The summed E-state index contributed by atoms with van der Waals surface area (Å²) in [6, 6.07) is 4.00. The maximum Gasteiger partial charge on any atom is 0.242 e. The number of hydrogen-bond donors (Lipinski definition) is 1. The Balaban J connectivity index is 1.67. The van der Waals surface area contributed by atoms with Gasteiger partial charge in [-0.05, 0) is 37.8 Å². The van der Waals surface area contributed by atoms with Gasteiger partial charge >= 0.3 is 0 Å². The van der Waals surface area contributed by atoms with E-state index in [0.29, 0.717) is 26.1 Å². The van der Waals surface area contributed by atoms with Crippen LogP contribution in [-0.4, -0.2) is 65.9 Å². The van der Waals surface area contributed by atoms with Crippen molar-refractivity contribution in [3.8, 4) is 0 Å². The topological polar surface area (TPSA) is 84.6 Å². The molecule has 1 unspecified atom stereocenters. The molecule has 7 nitrogen and oxygen atoms in total. The Morgan fingerprint density at radius 1 is 1.48 bits per heavy atom. The highest BCUT2D eigenvalue weighted by Gasteiger charge is 2.40. The van der Waals surface area contributed by atoms with Crippen LogP contribution in [0.25, 0.3) is 0 Å². The largest absolute Gasteiger partial charge is 0.381 e. The lowest BCUT2D eigenvalue weighted by Crippen LogP contribution is -2.61. The van der Waals surface area contributed by atoms with Gasteiger partial charge in [-0.15, -0.1) is 5.10 Å². The van der Waals surface area contributed by atoms with Gasteiger partial charge < -0.3 is 20.3 Å². The molecule has 0 aromatic carbocycles. The van der Waals surface area contributed by atoms with Crippen LogP contribution in [0.15, 0.2) is 18.3 Å². The van der Waals surface area contributed by atoms with Crippen molar-refractivity contribution < 1.29 is 9.53 Å². The maximum absolute atomic E-state index is 12.9. The number of carbonyl (C=O) groups excluding carboxylic acids is 1. The van der Waals surface area contributed by atoms with Crippen molar-refractivity contribution >= 4 is 11.7 Å². The summed E-state index contributed by atoms with van der Waals surface area (Å²) in [5.41, 5.74) is 5.57. The third kappa shape index (κ3) is 3.45. The summed E-state index contributed by atoms with van der Waals surface area (Å²) in [7, 11) is 1.87. The highest BCUT2D eigenvalue weighted by atomic mass is 16.5. The number of ether oxygens (including phenoxy) is 1. The fraction of sp³-hybridized carbons (Fsp3) is 0.688. The molecule has 2 aliphatic rings. The van der Waals surface area contributed by atoms with Crippen LogP contribution in [0, 0.1) is 0 Å². The van der Waals surface area contributed by atoms with Crippen molar-refractivity contribution in [1.29, 1.82) is 0 Å². The lowest BCUT2D eigenvalue weighted by molar-refractivity contribution is -0.141. The van der Waals surface area contributed by atoms with Gasteiger partial charge in [-0.1, -0.05) is 0 Å². The quantitative estimate of drug-likeness (QED) is 0.869. The van der Waals surface area contributed by atoms with Gasteiger partial charge in [0.05, 0.1) is 5.54 Å². The van der Waals surface area contributed by atoms with Crippen molar-refractivity contribution in [2.24, 2.45) is 5.73 Å².